The number of aryl methyl sites for hydroxylation is 1. The molecule has 0 unspecified atom stereocenters. The van der Waals surface area contributed by atoms with Crippen LogP contribution in [0.5, 0.6) is 0 Å². The van der Waals surface area contributed by atoms with Crippen LogP contribution in [0.15, 0.2) is 48.5 Å². The van der Waals surface area contributed by atoms with E-state index in [4.69, 9.17) is 0 Å². The van der Waals surface area contributed by atoms with Crippen LogP contribution in [0, 0.1) is 11.6 Å². The van der Waals surface area contributed by atoms with Crippen molar-refractivity contribution in [3.63, 3.8) is 0 Å². The molecule has 24 heavy (non-hydrogen) atoms. The SMILES string of the molecule is O=C(CNS(=O)(=O)CCc1ccccc1)Nc1ccc(F)cc1F. The zero-order valence-corrected chi connectivity index (χ0v) is 13.4. The van der Waals surface area contributed by atoms with Gasteiger partial charge < -0.3 is 5.32 Å². The Morgan fingerprint density at radius 3 is 2.42 bits per heavy atom. The Morgan fingerprint density at radius 2 is 1.75 bits per heavy atom. The molecule has 0 aliphatic rings. The van der Waals surface area contributed by atoms with Gasteiger partial charge in [0.1, 0.15) is 11.6 Å². The zero-order valence-electron chi connectivity index (χ0n) is 12.6. The second-order valence-corrected chi connectivity index (χ2v) is 6.97. The summed E-state index contributed by atoms with van der Waals surface area (Å²) in [5, 5.41) is 2.18. The molecule has 0 aliphatic heterocycles. The number of halogens is 2. The van der Waals surface area contributed by atoms with Crippen LogP contribution in [0.1, 0.15) is 5.56 Å². The largest absolute Gasteiger partial charge is 0.322 e. The first kappa shape index (κ1) is 18.0. The van der Waals surface area contributed by atoms with E-state index in [9.17, 15) is 22.0 Å². The van der Waals surface area contributed by atoms with E-state index in [0.29, 0.717) is 12.5 Å². The molecule has 1 amide bonds. The number of carbonyl (C=O) groups excluding carboxylic acids is 1. The van der Waals surface area contributed by atoms with Crippen molar-refractivity contribution in [2.75, 3.05) is 17.6 Å². The molecule has 128 valence electrons. The third-order valence-corrected chi connectivity index (χ3v) is 4.49. The molecule has 0 saturated carbocycles. The molecule has 0 saturated heterocycles. The lowest BCUT2D eigenvalue weighted by Crippen LogP contribution is -2.35. The molecule has 0 radical (unpaired) electrons. The summed E-state index contributed by atoms with van der Waals surface area (Å²) in [5.41, 5.74) is 0.644. The van der Waals surface area contributed by atoms with Crippen LogP contribution >= 0.6 is 0 Å². The number of rotatable bonds is 7. The number of nitrogens with one attached hydrogen (secondary N) is 2. The summed E-state index contributed by atoms with van der Waals surface area (Å²) in [5.74, 6) is -2.62. The number of sulfonamides is 1. The average molecular weight is 354 g/mol. The summed E-state index contributed by atoms with van der Waals surface area (Å²) < 4.78 is 52.0. The van der Waals surface area contributed by atoms with Crippen LogP contribution in [0.2, 0.25) is 0 Å². The lowest BCUT2D eigenvalue weighted by atomic mass is 10.2. The smallest absolute Gasteiger partial charge is 0.239 e. The predicted molar refractivity (Wildman–Crippen MR) is 86.9 cm³/mol. The molecular weight excluding hydrogens is 338 g/mol. The number of anilines is 1. The van der Waals surface area contributed by atoms with Gasteiger partial charge in [-0.15, -0.1) is 0 Å². The van der Waals surface area contributed by atoms with E-state index in [1.165, 1.54) is 0 Å². The molecule has 0 heterocycles. The van der Waals surface area contributed by atoms with Crippen LogP contribution in [0.25, 0.3) is 0 Å². The fraction of sp³-hybridized carbons (Fsp3) is 0.188. The van der Waals surface area contributed by atoms with Crippen molar-refractivity contribution < 1.29 is 22.0 Å². The Kier molecular flexibility index (Phi) is 5.99. The van der Waals surface area contributed by atoms with Gasteiger partial charge in [-0.1, -0.05) is 30.3 Å². The Hall–Kier alpha value is -2.32. The maximum atomic E-state index is 13.4. The van der Waals surface area contributed by atoms with Gasteiger partial charge in [0, 0.05) is 6.07 Å². The fourth-order valence-corrected chi connectivity index (χ4v) is 2.93. The molecule has 0 bridgehead atoms. The van der Waals surface area contributed by atoms with Crippen LogP contribution in [0.4, 0.5) is 14.5 Å². The summed E-state index contributed by atoms with van der Waals surface area (Å²) in [6, 6.07) is 11.7. The lowest BCUT2D eigenvalue weighted by Gasteiger charge is -2.08. The molecule has 2 aromatic rings. The van der Waals surface area contributed by atoms with Gasteiger partial charge in [0.25, 0.3) is 0 Å². The van der Waals surface area contributed by atoms with E-state index < -0.39 is 34.1 Å². The van der Waals surface area contributed by atoms with Gasteiger partial charge in [-0.05, 0) is 24.1 Å². The zero-order chi connectivity index (χ0) is 17.6. The second kappa shape index (κ2) is 7.98. The van der Waals surface area contributed by atoms with E-state index >= 15 is 0 Å². The van der Waals surface area contributed by atoms with E-state index in [0.717, 1.165) is 17.7 Å². The van der Waals surface area contributed by atoms with Crippen LogP contribution < -0.4 is 10.0 Å². The van der Waals surface area contributed by atoms with Gasteiger partial charge in [-0.2, -0.15) is 0 Å². The highest BCUT2D eigenvalue weighted by Gasteiger charge is 2.14. The molecule has 0 spiro atoms. The van der Waals surface area contributed by atoms with Crippen LogP contribution in [0.3, 0.4) is 0 Å². The van der Waals surface area contributed by atoms with E-state index in [1.54, 1.807) is 24.3 Å². The third kappa shape index (κ3) is 5.71. The summed E-state index contributed by atoms with van der Waals surface area (Å²) in [6.45, 7) is -0.534. The van der Waals surface area contributed by atoms with Crippen LogP contribution in [-0.2, 0) is 21.2 Å². The van der Waals surface area contributed by atoms with Gasteiger partial charge >= 0.3 is 0 Å². The summed E-state index contributed by atoms with van der Waals surface area (Å²) in [7, 11) is -3.65. The summed E-state index contributed by atoms with van der Waals surface area (Å²) in [4.78, 5) is 11.7. The van der Waals surface area contributed by atoms with Gasteiger partial charge in [0.05, 0.1) is 18.0 Å². The number of hydrogen-bond acceptors (Lipinski definition) is 3. The molecule has 2 N–H and O–H groups in total. The van der Waals surface area contributed by atoms with Crippen molar-refractivity contribution >= 4 is 21.6 Å². The fourth-order valence-electron chi connectivity index (χ4n) is 1.93. The van der Waals surface area contributed by atoms with E-state index in [-0.39, 0.29) is 11.4 Å². The number of amides is 1. The van der Waals surface area contributed by atoms with Crippen LogP contribution in [-0.4, -0.2) is 26.6 Å². The molecule has 5 nitrogen and oxygen atoms in total. The van der Waals surface area contributed by atoms with Gasteiger partial charge in [-0.3, -0.25) is 4.79 Å². The standard InChI is InChI=1S/C16H16F2N2O3S/c17-13-6-7-15(14(18)10-13)20-16(21)11-19-24(22,23)9-8-12-4-2-1-3-5-12/h1-7,10,19H,8-9,11H2,(H,20,21). The minimum absolute atomic E-state index is 0.171. The predicted octanol–water partition coefficient (Wildman–Crippen LogP) is 2.07. The molecule has 0 atom stereocenters. The second-order valence-electron chi connectivity index (χ2n) is 5.05. The van der Waals surface area contributed by atoms with Crippen molar-refractivity contribution in [2.45, 2.75) is 6.42 Å². The number of carbonyl (C=O) groups is 1. The minimum atomic E-state index is -3.65. The highest BCUT2D eigenvalue weighted by molar-refractivity contribution is 7.89. The normalized spacial score (nSPS) is 11.2. The van der Waals surface area contributed by atoms with Gasteiger partial charge in [0.15, 0.2) is 0 Å². The molecule has 8 heteroatoms. The molecule has 2 aromatic carbocycles. The van der Waals surface area contributed by atoms with Crippen molar-refractivity contribution in [3.8, 4) is 0 Å². The molecule has 2 rings (SSSR count). The minimum Gasteiger partial charge on any atom is -0.322 e. The molecule has 0 aliphatic carbocycles. The Morgan fingerprint density at radius 1 is 1.04 bits per heavy atom. The Labute approximate surface area is 138 Å². The van der Waals surface area contributed by atoms with E-state index in [2.05, 4.69) is 10.0 Å². The number of benzene rings is 2. The van der Waals surface area contributed by atoms with Crippen molar-refractivity contribution in [1.82, 2.24) is 4.72 Å². The molecule has 0 fully saturated rings. The maximum Gasteiger partial charge on any atom is 0.239 e. The quantitative estimate of drug-likeness (QED) is 0.799. The molecule has 0 aromatic heterocycles. The monoisotopic (exact) mass is 354 g/mol. The van der Waals surface area contributed by atoms with E-state index in [1.807, 2.05) is 6.07 Å². The number of hydrogen-bond donors (Lipinski definition) is 2. The maximum absolute atomic E-state index is 13.4. The summed E-state index contributed by atoms with van der Waals surface area (Å²) >= 11 is 0. The summed E-state index contributed by atoms with van der Waals surface area (Å²) in [6.07, 6.45) is 0.310. The first-order valence-corrected chi connectivity index (χ1v) is 8.77. The van der Waals surface area contributed by atoms with Gasteiger partial charge in [-0.25, -0.2) is 21.9 Å². The first-order valence-electron chi connectivity index (χ1n) is 7.12. The van der Waals surface area contributed by atoms with Crippen molar-refractivity contribution in [1.29, 1.82) is 0 Å². The highest BCUT2D eigenvalue weighted by atomic mass is 32.2. The lowest BCUT2D eigenvalue weighted by molar-refractivity contribution is -0.115. The first-order chi connectivity index (χ1) is 11.4. The topological polar surface area (TPSA) is 75.3 Å². The van der Waals surface area contributed by atoms with Crippen molar-refractivity contribution in [3.05, 3.63) is 65.7 Å². The van der Waals surface area contributed by atoms with Crippen molar-refractivity contribution in [2.24, 2.45) is 0 Å². The third-order valence-electron chi connectivity index (χ3n) is 3.16. The Bertz CT molecular complexity index is 811. The Balaban J connectivity index is 1.83. The highest BCUT2D eigenvalue weighted by Crippen LogP contribution is 2.14. The molecular formula is C16H16F2N2O3S. The average Bonchev–Trinajstić information content (AvgIpc) is 2.55. The van der Waals surface area contributed by atoms with Gasteiger partial charge in [0.2, 0.25) is 15.9 Å².